The fourth-order valence-electron chi connectivity index (χ4n) is 8.36. The molecule has 0 amide bonds. The summed E-state index contributed by atoms with van der Waals surface area (Å²) in [5.74, 6) is -1.61. The number of aliphatic hydroxyl groups excluding tert-OH is 2. The molecule has 0 radical (unpaired) electrons. The van der Waals surface area contributed by atoms with E-state index in [1.165, 1.54) is 70.6 Å². The number of carbonyl (C=O) groups excluding carboxylic acids is 3. The van der Waals surface area contributed by atoms with Crippen LogP contribution in [0.2, 0.25) is 0 Å². The van der Waals surface area contributed by atoms with Gasteiger partial charge in [0.05, 0.1) is 26.4 Å². The van der Waals surface area contributed by atoms with Gasteiger partial charge in [0.2, 0.25) is 0 Å². The first-order valence-electron chi connectivity index (χ1n) is 32.2. The van der Waals surface area contributed by atoms with Crippen molar-refractivity contribution in [2.45, 2.75) is 283 Å². The molecule has 4 N–H and O–H groups in total. The van der Waals surface area contributed by atoms with Gasteiger partial charge in [-0.3, -0.25) is 32.5 Å². The Morgan fingerprint density at radius 3 is 0.988 bits per heavy atom. The van der Waals surface area contributed by atoms with Crippen molar-refractivity contribution in [1.29, 1.82) is 0 Å². The van der Waals surface area contributed by atoms with E-state index in [1.54, 1.807) is 0 Å². The summed E-state index contributed by atoms with van der Waals surface area (Å²) < 4.78 is 60.7. The molecule has 0 saturated carbocycles. The number of phosphoric ester groups is 2. The fraction of sp³-hybridized carbons (Fsp3) is 0.769. The summed E-state index contributed by atoms with van der Waals surface area (Å²) in [7, 11) is -9.77. The van der Waals surface area contributed by atoms with E-state index >= 15 is 0 Å². The van der Waals surface area contributed by atoms with Crippen LogP contribution in [0.5, 0.6) is 0 Å². The molecular weight excluding hydrogens is 1100 g/mol. The quantitative estimate of drug-likeness (QED) is 0.0146. The van der Waals surface area contributed by atoms with Crippen LogP contribution in [0.25, 0.3) is 0 Å². The summed E-state index contributed by atoms with van der Waals surface area (Å²) in [5.41, 5.74) is 0. The molecule has 0 spiro atoms. The Hall–Kier alpha value is -3.01. The molecule has 18 heteroatoms. The van der Waals surface area contributed by atoms with E-state index in [2.05, 4.69) is 93.7 Å². The second kappa shape index (κ2) is 59.3. The van der Waals surface area contributed by atoms with Crippen molar-refractivity contribution in [3.8, 4) is 0 Å². The SMILES string of the molecule is CCCCC/C=C\C/C=C\C/C=C\CCCCCCCCC(=O)OCC(O)COP(=O)(O)OCC(O)COP(=O)(O)OCC(COC(=O)CCCCCCC/C=C\C/C=C\CCCCC)OC(=O)CCCCCCC/C=C\CCCCCC. The van der Waals surface area contributed by atoms with Gasteiger partial charge in [-0.15, -0.1) is 0 Å². The lowest BCUT2D eigenvalue weighted by Crippen LogP contribution is -2.30. The summed E-state index contributed by atoms with van der Waals surface area (Å²) in [5, 5.41) is 20.5. The molecule has 0 aromatic rings. The summed E-state index contributed by atoms with van der Waals surface area (Å²) in [4.78, 5) is 58.2. The molecular formula is C65H116O16P2. The molecule has 0 saturated heterocycles. The number of aliphatic hydroxyl groups is 2. The number of carbonyl (C=O) groups is 3. The molecule has 0 aliphatic carbocycles. The average molecular weight is 1220 g/mol. The summed E-state index contributed by atoms with van der Waals surface area (Å²) in [6.07, 6.45) is 59.6. The van der Waals surface area contributed by atoms with Gasteiger partial charge in [-0.25, -0.2) is 9.13 Å². The third-order valence-corrected chi connectivity index (χ3v) is 15.3. The molecule has 482 valence electrons. The molecule has 0 heterocycles. The minimum atomic E-state index is -4.92. The van der Waals surface area contributed by atoms with Crippen molar-refractivity contribution in [2.75, 3.05) is 39.6 Å². The zero-order valence-corrected chi connectivity index (χ0v) is 53.6. The van der Waals surface area contributed by atoms with Gasteiger partial charge >= 0.3 is 33.6 Å². The molecule has 5 unspecified atom stereocenters. The van der Waals surface area contributed by atoms with Gasteiger partial charge in [-0.1, -0.05) is 203 Å². The summed E-state index contributed by atoms with van der Waals surface area (Å²) in [6, 6.07) is 0. The molecule has 0 bridgehead atoms. The zero-order valence-electron chi connectivity index (χ0n) is 51.9. The highest BCUT2D eigenvalue weighted by Gasteiger charge is 2.29. The number of hydrogen-bond acceptors (Lipinski definition) is 14. The molecule has 16 nitrogen and oxygen atoms in total. The Morgan fingerprint density at radius 1 is 0.337 bits per heavy atom. The fourth-order valence-corrected chi connectivity index (χ4v) is 9.95. The molecule has 0 fully saturated rings. The van der Waals surface area contributed by atoms with Gasteiger partial charge in [-0.2, -0.15) is 0 Å². The van der Waals surface area contributed by atoms with Crippen LogP contribution in [0.15, 0.2) is 72.9 Å². The minimum Gasteiger partial charge on any atom is -0.463 e. The van der Waals surface area contributed by atoms with Crippen molar-refractivity contribution in [2.24, 2.45) is 0 Å². The molecule has 0 aliphatic heterocycles. The van der Waals surface area contributed by atoms with E-state index in [-0.39, 0.29) is 19.3 Å². The monoisotopic (exact) mass is 1210 g/mol. The number of rotatable bonds is 61. The van der Waals surface area contributed by atoms with Crippen LogP contribution in [0.4, 0.5) is 0 Å². The van der Waals surface area contributed by atoms with Crippen LogP contribution in [0.1, 0.15) is 265 Å². The van der Waals surface area contributed by atoms with Crippen LogP contribution in [0, 0.1) is 0 Å². The second-order valence-corrected chi connectivity index (χ2v) is 24.5. The highest BCUT2D eigenvalue weighted by Crippen LogP contribution is 2.45. The van der Waals surface area contributed by atoms with Crippen LogP contribution < -0.4 is 0 Å². The predicted octanol–water partition coefficient (Wildman–Crippen LogP) is 17.2. The first kappa shape index (κ1) is 80.0. The van der Waals surface area contributed by atoms with Crippen molar-refractivity contribution >= 4 is 33.6 Å². The normalized spacial score (nSPS) is 14.8. The van der Waals surface area contributed by atoms with Gasteiger partial charge in [0.1, 0.15) is 25.4 Å². The lowest BCUT2D eigenvalue weighted by atomic mass is 10.1. The van der Waals surface area contributed by atoms with Crippen LogP contribution in [0.3, 0.4) is 0 Å². The maximum Gasteiger partial charge on any atom is 0.472 e. The van der Waals surface area contributed by atoms with E-state index in [4.69, 9.17) is 32.3 Å². The Morgan fingerprint density at radius 2 is 0.602 bits per heavy atom. The summed E-state index contributed by atoms with van der Waals surface area (Å²) in [6.45, 7) is 2.55. The zero-order chi connectivity index (χ0) is 61.0. The first-order chi connectivity index (χ1) is 40.2. The molecule has 0 aromatic carbocycles. The Kier molecular flexibility index (Phi) is 57.2. The Balaban J connectivity index is 4.65. The number of hydrogen-bond donors (Lipinski definition) is 4. The van der Waals surface area contributed by atoms with Gasteiger partial charge < -0.3 is 34.2 Å². The highest BCUT2D eigenvalue weighted by atomic mass is 31.2. The molecule has 0 rings (SSSR count). The standard InChI is InChI=1S/C65H116O16P2/c1-4-7-10-13-16-19-22-25-27-28-29-30-32-35-36-39-42-45-48-51-63(68)75-54-60(66)55-77-82(71,72)78-56-61(67)57-79-83(73,74)80-59-62(81-65(70)53-50-47-44-41-38-33-24-21-18-15-12-9-6-3)58-76-64(69)52-49-46-43-40-37-34-31-26-23-20-17-14-11-8-5-2/h16-17,19-21,24-27,29-31,60-62,66-67H,4-15,18,22-23,28,32-59H2,1-3H3,(H,71,72)(H,73,74)/b19-16-,20-17-,24-21-,27-25-,30-29-,31-26-. The van der Waals surface area contributed by atoms with Crippen LogP contribution >= 0.6 is 15.6 Å². The minimum absolute atomic E-state index is 0.0922. The van der Waals surface area contributed by atoms with E-state index in [9.17, 15) is 43.5 Å². The smallest absolute Gasteiger partial charge is 0.463 e. The lowest BCUT2D eigenvalue weighted by Gasteiger charge is -2.21. The van der Waals surface area contributed by atoms with E-state index in [0.29, 0.717) is 19.3 Å². The third kappa shape index (κ3) is 60.5. The first-order valence-corrected chi connectivity index (χ1v) is 35.2. The number of allylic oxidation sites excluding steroid dienone is 12. The molecule has 83 heavy (non-hydrogen) atoms. The van der Waals surface area contributed by atoms with E-state index in [0.717, 1.165) is 135 Å². The second-order valence-electron chi connectivity index (χ2n) is 21.6. The summed E-state index contributed by atoms with van der Waals surface area (Å²) >= 11 is 0. The van der Waals surface area contributed by atoms with E-state index in [1.807, 2.05) is 0 Å². The Labute approximate surface area is 503 Å². The van der Waals surface area contributed by atoms with Gasteiger partial charge in [0.25, 0.3) is 0 Å². The third-order valence-electron chi connectivity index (χ3n) is 13.4. The Bertz CT molecular complexity index is 1820. The number of unbranched alkanes of at least 4 members (excludes halogenated alkanes) is 26. The van der Waals surface area contributed by atoms with Crippen LogP contribution in [-0.2, 0) is 55.8 Å². The van der Waals surface area contributed by atoms with Crippen molar-refractivity contribution in [3.05, 3.63) is 72.9 Å². The van der Waals surface area contributed by atoms with Gasteiger partial charge in [-0.05, 0) is 116 Å². The largest absolute Gasteiger partial charge is 0.472 e. The predicted molar refractivity (Wildman–Crippen MR) is 335 cm³/mol. The lowest BCUT2D eigenvalue weighted by molar-refractivity contribution is -0.161. The van der Waals surface area contributed by atoms with Gasteiger partial charge in [0, 0.05) is 19.3 Å². The maximum absolute atomic E-state index is 12.9. The van der Waals surface area contributed by atoms with E-state index < -0.39 is 91.5 Å². The number of phosphoric acid groups is 2. The molecule has 0 aliphatic rings. The average Bonchev–Trinajstić information content (AvgIpc) is 3.46. The maximum atomic E-state index is 12.9. The van der Waals surface area contributed by atoms with Crippen molar-refractivity contribution in [3.63, 3.8) is 0 Å². The van der Waals surface area contributed by atoms with Crippen molar-refractivity contribution < 1.29 is 75.8 Å². The number of esters is 3. The van der Waals surface area contributed by atoms with Gasteiger partial charge in [0.15, 0.2) is 6.10 Å². The van der Waals surface area contributed by atoms with Crippen molar-refractivity contribution in [1.82, 2.24) is 0 Å². The topological polar surface area (TPSA) is 231 Å². The molecule has 5 atom stereocenters. The van der Waals surface area contributed by atoms with Crippen LogP contribution in [-0.4, -0.2) is 95.9 Å². The highest BCUT2D eigenvalue weighted by molar-refractivity contribution is 7.47. The number of ether oxygens (including phenoxy) is 3. The molecule has 0 aromatic heterocycles.